The number of para-hydroxylation sites is 1. The third-order valence-corrected chi connectivity index (χ3v) is 4.99. The molecule has 0 aliphatic heterocycles. The third-order valence-electron chi connectivity index (χ3n) is 4.99. The molecule has 0 radical (unpaired) electrons. The number of aromatic nitrogens is 2. The molecule has 3 aromatic carbocycles. The number of aliphatic hydroxyl groups excluding tert-OH is 1. The molecule has 31 heavy (non-hydrogen) atoms. The van der Waals surface area contributed by atoms with Gasteiger partial charge in [0.2, 0.25) is 0 Å². The Kier molecular flexibility index (Phi) is 6.29. The van der Waals surface area contributed by atoms with E-state index in [1.807, 2.05) is 79.7 Å². The summed E-state index contributed by atoms with van der Waals surface area (Å²) in [6.07, 6.45) is -0.783. The van der Waals surface area contributed by atoms with E-state index < -0.39 is 6.10 Å². The summed E-state index contributed by atoms with van der Waals surface area (Å²) in [5, 5.41) is 14.4. The second kappa shape index (κ2) is 9.45. The molecule has 0 saturated heterocycles. The number of hydrogen-bond donors (Lipinski definition) is 2. The van der Waals surface area contributed by atoms with Crippen molar-refractivity contribution in [2.45, 2.75) is 19.6 Å². The molecular weight excluding hydrogens is 390 g/mol. The van der Waals surface area contributed by atoms with Crippen LogP contribution >= 0.6 is 0 Å². The Morgan fingerprint density at radius 2 is 1.71 bits per heavy atom. The van der Waals surface area contributed by atoms with Crippen LogP contribution in [0.1, 0.15) is 6.92 Å². The van der Waals surface area contributed by atoms with E-state index in [0.717, 1.165) is 17.0 Å². The molecular formula is C25H25N3O3. The van der Waals surface area contributed by atoms with Gasteiger partial charge in [0.05, 0.1) is 30.2 Å². The molecule has 0 aliphatic rings. The van der Waals surface area contributed by atoms with E-state index in [4.69, 9.17) is 9.72 Å². The normalized spacial score (nSPS) is 11.9. The first-order valence-corrected chi connectivity index (χ1v) is 10.4. The minimum Gasteiger partial charge on any atom is -0.494 e. The highest BCUT2D eigenvalue weighted by molar-refractivity contribution is 5.79. The zero-order valence-corrected chi connectivity index (χ0v) is 17.4. The summed E-state index contributed by atoms with van der Waals surface area (Å²) in [4.78, 5) is 17.9. The van der Waals surface area contributed by atoms with Crippen molar-refractivity contribution in [2.24, 2.45) is 0 Å². The Hall–Kier alpha value is -3.64. The van der Waals surface area contributed by atoms with Crippen LogP contribution in [0.25, 0.3) is 22.3 Å². The lowest BCUT2D eigenvalue weighted by Gasteiger charge is -2.18. The van der Waals surface area contributed by atoms with Crippen LogP contribution in [-0.2, 0) is 6.54 Å². The first-order valence-electron chi connectivity index (χ1n) is 10.4. The predicted octanol–water partition coefficient (Wildman–Crippen LogP) is 3.94. The standard InChI is InChI=1S/C25H25N3O3/c1-2-31-21-14-12-19(13-15-21)26-16-20(29)17-28-24(18-8-4-3-5-9-18)27-23-11-7-6-10-22(23)25(28)30/h3-15,20,26,29H,2,16-17H2,1H3. The number of anilines is 1. The highest BCUT2D eigenvalue weighted by atomic mass is 16.5. The Morgan fingerprint density at radius 3 is 2.45 bits per heavy atom. The average molecular weight is 415 g/mol. The summed E-state index contributed by atoms with van der Waals surface area (Å²) in [6, 6.07) is 24.4. The summed E-state index contributed by atoms with van der Waals surface area (Å²) in [5.41, 5.74) is 2.18. The van der Waals surface area contributed by atoms with Crippen LogP contribution in [-0.4, -0.2) is 33.9 Å². The van der Waals surface area contributed by atoms with E-state index in [0.29, 0.717) is 29.9 Å². The second-order valence-corrected chi connectivity index (χ2v) is 7.23. The van der Waals surface area contributed by atoms with Crippen molar-refractivity contribution in [3.05, 3.63) is 89.2 Å². The zero-order valence-electron chi connectivity index (χ0n) is 17.4. The van der Waals surface area contributed by atoms with Crippen molar-refractivity contribution < 1.29 is 9.84 Å². The average Bonchev–Trinajstić information content (AvgIpc) is 2.81. The van der Waals surface area contributed by atoms with Gasteiger partial charge in [0, 0.05) is 17.8 Å². The largest absolute Gasteiger partial charge is 0.494 e. The zero-order chi connectivity index (χ0) is 21.6. The minimum absolute atomic E-state index is 0.130. The fourth-order valence-electron chi connectivity index (χ4n) is 3.49. The van der Waals surface area contributed by atoms with Gasteiger partial charge < -0.3 is 15.2 Å². The molecule has 0 fully saturated rings. The number of fused-ring (bicyclic) bond motifs is 1. The van der Waals surface area contributed by atoms with E-state index in [1.54, 1.807) is 10.6 Å². The molecule has 4 rings (SSSR count). The summed E-state index contributed by atoms with van der Waals surface area (Å²) >= 11 is 0. The van der Waals surface area contributed by atoms with Crippen LogP contribution in [0.5, 0.6) is 5.75 Å². The maximum absolute atomic E-state index is 13.2. The first kappa shape index (κ1) is 20.6. The van der Waals surface area contributed by atoms with Gasteiger partial charge in [0.25, 0.3) is 5.56 Å². The number of hydrogen-bond acceptors (Lipinski definition) is 5. The lowest BCUT2D eigenvalue weighted by Crippen LogP contribution is -2.32. The van der Waals surface area contributed by atoms with Gasteiger partial charge in [0.15, 0.2) is 0 Å². The van der Waals surface area contributed by atoms with Crippen LogP contribution in [0.2, 0.25) is 0 Å². The van der Waals surface area contributed by atoms with Crippen LogP contribution in [0, 0.1) is 0 Å². The van der Waals surface area contributed by atoms with E-state index in [1.165, 1.54) is 0 Å². The van der Waals surface area contributed by atoms with Crippen molar-refractivity contribution in [1.29, 1.82) is 0 Å². The van der Waals surface area contributed by atoms with E-state index >= 15 is 0 Å². The molecule has 158 valence electrons. The van der Waals surface area contributed by atoms with Gasteiger partial charge >= 0.3 is 0 Å². The number of nitrogens with zero attached hydrogens (tertiary/aromatic N) is 2. The lowest BCUT2D eigenvalue weighted by molar-refractivity contribution is 0.165. The van der Waals surface area contributed by atoms with Gasteiger partial charge in [-0.05, 0) is 43.3 Å². The Balaban J connectivity index is 1.58. The van der Waals surface area contributed by atoms with Crippen molar-refractivity contribution in [3.8, 4) is 17.1 Å². The fraction of sp³-hybridized carbons (Fsp3) is 0.200. The fourth-order valence-corrected chi connectivity index (χ4v) is 3.49. The predicted molar refractivity (Wildman–Crippen MR) is 124 cm³/mol. The number of ether oxygens (including phenoxy) is 1. The summed E-state index contributed by atoms with van der Waals surface area (Å²) in [5.74, 6) is 1.35. The van der Waals surface area contributed by atoms with E-state index in [2.05, 4.69) is 5.32 Å². The van der Waals surface area contributed by atoms with Gasteiger partial charge in [-0.3, -0.25) is 9.36 Å². The Bertz CT molecular complexity index is 1200. The van der Waals surface area contributed by atoms with Crippen molar-refractivity contribution in [2.75, 3.05) is 18.5 Å². The number of rotatable bonds is 8. The highest BCUT2D eigenvalue weighted by Gasteiger charge is 2.15. The quantitative estimate of drug-likeness (QED) is 0.456. The first-order chi connectivity index (χ1) is 15.2. The van der Waals surface area contributed by atoms with Gasteiger partial charge in [-0.1, -0.05) is 42.5 Å². The second-order valence-electron chi connectivity index (χ2n) is 7.23. The van der Waals surface area contributed by atoms with Crippen LogP contribution in [0.15, 0.2) is 83.7 Å². The lowest BCUT2D eigenvalue weighted by atomic mass is 10.1. The molecule has 0 bridgehead atoms. The molecule has 1 heterocycles. The molecule has 4 aromatic rings. The molecule has 0 aliphatic carbocycles. The van der Waals surface area contributed by atoms with Gasteiger partial charge in [-0.2, -0.15) is 0 Å². The number of nitrogens with one attached hydrogen (secondary N) is 1. The van der Waals surface area contributed by atoms with Crippen LogP contribution < -0.4 is 15.6 Å². The SMILES string of the molecule is CCOc1ccc(NCC(O)Cn2c(-c3ccccc3)nc3ccccc3c2=O)cc1. The Morgan fingerprint density at radius 1 is 1.00 bits per heavy atom. The van der Waals surface area contributed by atoms with Crippen LogP contribution in [0.4, 0.5) is 5.69 Å². The van der Waals surface area contributed by atoms with Crippen molar-refractivity contribution >= 4 is 16.6 Å². The number of aliphatic hydroxyl groups is 1. The summed E-state index contributed by atoms with van der Waals surface area (Å²) in [6.45, 7) is 2.98. The topological polar surface area (TPSA) is 76.4 Å². The molecule has 0 amide bonds. The molecule has 0 saturated carbocycles. The maximum atomic E-state index is 13.2. The molecule has 1 unspecified atom stereocenters. The molecule has 2 N–H and O–H groups in total. The molecule has 6 nitrogen and oxygen atoms in total. The molecule has 1 atom stereocenters. The molecule has 1 aromatic heterocycles. The summed E-state index contributed by atoms with van der Waals surface area (Å²) in [7, 11) is 0. The molecule has 0 spiro atoms. The van der Waals surface area contributed by atoms with Crippen molar-refractivity contribution in [1.82, 2.24) is 9.55 Å². The minimum atomic E-state index is -0.783. The van der Waals surface area contributed by atoms with E-state index in [-0.39, 0.29) is 12.1 Å². The van der Waals surface area contributed by atoms with Gasteiger partial charge in [0.1, 0.15) is 11.6 Å². The number of benzene rings is 3. The monoisotopic (exact) mass is 415 g/mol. The van der Waals surface area contributed by atoms with Crippen LogP contribution in [0.3, 0.4) is 0 Å². The van der Waals surface area contributed by atoms with Gasteiger partial charge in [-0.15, -0.1) is 0 Å². The third kappa shape index (κ3) is 4.75. The van der Waals surface area contributed by atoms with Crippen molar-refractivity contribution in [3.63, 3.8) is 0 Å². The Labute approximate surface area is 180 Å². The molecule has 6 heteroatoms. The van der Waals surface area contributed by atoms with Gasteiger partial charge in [-0.25, -0.2) is 4.98 Å². The maximum Gasteiger partial charge on any atom is 0.261 e. The van der Waals surface area contributed by atoms with E-state index in [9.17, 15) is 9.90 Å². The smallest absolute Gasteiger partial charge is 0.261 e. The summed E-state index contributed by atoms with van der Waals surface area (Å²) < 4.78 is 7.00. The highest BCUT2D eigenvalue weighted by Crippen LogP contribution is 2.19.